The summed E-state index contributed by atoms with van der Waals surface area (Å²) < 4.78 is 5.37. The molecular formula is C11H24N2O. The van der Waals surface area contributed by atoms with Crippen LogP contribution < -0.4 is 5.73 Å². The van der Waals surface area contributed by atoms with E-state index in [9.17, 15) is 0 Å². The highest BCUT2D eigenvalue weighted by atomic mass is 16.5. The Morgan fingerprint density at radius 1 is 1.43 bits per heavy atom. The summed E-state index contributed by atoms with van der Waals surface area (Å²) in [4.78, 5) is 2.55. The summed E-state index contributed by atoms with van der Waals surface area (Å²) in [5.74, 6) is 0. The van der Waals surface area contributed by atoms with Crippen LogP contribution in [0.25, 0.3) is 0 Å². The van der Waals surface area contributed by atoms with E-state index in [1.807, 2.05) is 0 Å². The van der Waals surface area contributed by atoms with Gasteiger partial charge in [0.25, 0.3) is 0 Å². The zero-order valence-electron chi connectivity index (χ0n) is 9.54. The monoisotopic (exact) mass is 200 g/mol. The minimum absolute atomic E-state index is 0.323. The van der Waals surface area contributed by atoms with Crippen molar-refractivity contribution in [2.75, 3.05) is 26.3 Å². The second-order valence-electron chi connectivity index (χ2n) is 4.24. The topological polar surface area (TPSA) is 38.5 Å². The predicted molar refractivity (Wildman–Crippen MR) is 59.4 cm³/mol. The molecule has 0 radical (unpaired) electrons. The summed E-state index contributed by atoms with van der Waals surface area (Å²) in [5.41, 5.74) is 5.77. The van der Waals surface area contributed by atoms with Crippen LogP contribution in [0.3, 0.4) is 0 Å². The van der Waals surface area contributed by atoms with Gasteiger partial charge in [0.2, 0.25) is 0 Å². The molecule has 14 heavy (non-hydrogen) atoms. The molecule has 0 spiro atoms. The van der Waals surface area contributed by atoms with E-state index in [2.05, 4.69) is 18.7 Å². The molecule has 84 valence electrons. The van der Waals surface area contributed by atoms with Gasteiger partial charge in [-0.05, 0) is 39.3 Å². The molecule has 1 aliphatic rings. The molecule has 1 saturated heterocycles. The molecule has 2 N–H and O–H groups in total. The first kappa shape index (κ1) is 12.0. The van der Waals surface area contributed by atoms with E-state index >= 15 is 0 Å². The van der Waals surface area contributed by atoms with Crippen molar-refractivity contribution in [2.45, 2.75) is 45.2 Å². The molecule has 0 aromatic heterocycles. The highest BCUT2D eigenvalue weighted by Gasteiger charge is 2.19. The Bertz CT molecular complexity index is 144. The molecule has 0 aliphatic carbocycles. The molecule has 1 unspecified atom stereocenters. The summed E-state index contributed by atoms with van der Waals surface area (Å²) >= 11 is 0. The number of rotatable bonds is 5. The fraction of sp³-hybridized carbons (Fsp3) is 1.00. The Labute approximate surface area is 87.6 Å². The Morgan fingerprint density at radius 2 is 2.07 bits per heavy atom. The Morgan fingerprint density at radius 3 is 2.57 bits per heavy atom. The van der Waals surface area contributed by atoms with Gasteiger partial charge in [-0.2, -0.15) is 0 Å². The zero-order chi connectivity index (χ0) is 10.4. The molecule has 1 fully saturated rings. The predicted octanol–water partition coefficient (Wildman–Crippen LogP) is 1.22. The smallest absolute Gasteiger partial charge is 0.0480 e. The van der Waals surface area contributed by atoms with Crippen molar-refractivity contribution >= 4 is 0 Å². The SMILES string of the molecule is CCN(CCC(C)N)C1CCOCC1. The van der Waals surface area contributed by atoms with Crippen LogP contribution in [0, 0.1) is 0 Å². The van der Waals surface area contributed by atoms with E-state index in [4.69, 9.17) is 10.5 Å². The van der Waals surface area contributed by atoms with E-state index in [1.165, 1.54) is 12.8 Å². The van der Waals surface area contributed by atoms with Crippen LogP contribution in [-0.4, -0.2) is 43.3 Å². The van der Waals surface area contributed by atoms with Crippen LogP contribution in [0.1, 0.15) is 33.1 Å². The molecule has 1 atom stereocenters. The highest BCUT2D eigenvalue weighted by Crippen LogP contribution is 2.14. The first-order valence-electron chi connectivity index (χ1n) is 5.81. The number of hydrogen-bond donors (Lipinski definition) is 1. The van der Waals surface area contributed by atoms with Gasteiger partial charge >= 0.3 is 0 Å². The van der Waals surface area contributed by atoms with E-state index in [0.29, 0.717) is 6.04 Å². The summed E-state index contributed by atoms with van der Waals surface area (Å²) in [6, 6.07) is 1.05. The van der Waals surface area contributed by atoms with Crippen LogP contribution in [0.5, 0.6) is 0 Å². The van der Waals surface area contributed by atoms with E-state index in [0.717, 1.165) is 38.8 Å². The van der Waals surface area contributed by atoms with Crippen LogP contribution >= 0.6 is 0 Å². The van der Waals surface area contributed by atoms with Crippen LogP contribution in [0.4, 0.5) is 0 Å². The normalized spacial score (nSPS) is 21.4. The molecular weight excluding hydrogens is 176 g/mol. The number of nitrogens with two attached hydrogens (primary N) is 1. The largest absolute Gasteiger partial charge is 0.381 e. The third-order valence-corrected chi connectivity index (χ3v) is 2.99. The molecule has 0 amide bonds. The van der Waals surface area contributed by atoms with E-state index in [-0.39, 0.29) is 0 Å². The van der Waals surface area contributed by atoms with Crippen molar-refractivity contribution in [1.82, 2.24) is 4.90 Å². The van der Waals surface area contributed by atoms with Crippen molar-refractivity contribution in [1.29, 1.82) is 0 Å². The number of nitrogens with zero attached hydrogens (tertiary/aromatic N) is 1. The maximum absolute atomic E-state index is 5.77. The standard InChI is InChI=1S/C11H24N2O/c1-3-13(7-4-10(2)12)11-5-8-14-9-6-11/h10-11H,3-9,12H2,1-2H3. The van der Waals surface area contributed by atoms with Crippen LogP contribution in [0.2, 0.25) is 0 Å². The second kappa shape index (κ2) is 6.38. The summed E-state index contributed by atoms with van der Waals surface area (Å²) in [7, 11) is 0. The van der Waals surface area contributed by atoms with Crippen LogP contribution in [0.15, 0.2) is 0 Å². The van der Waals surface area contributed by atoms with Gasteiger partial charge in [-0.25, -0.2) is 0 Å². The zero-order valence-corrected chi connectivity index (χ0v) is 9.54. The van der Waals surface area contributed by atoms with Crippen molar-refractivity contribution in [3.05, 3.63) is 0 Å². The van der Waals surface area contributed by atoms with Gasteiger partial charge in [-0.1, -0.05) is 6.92 Å². The lowest BCUT2D eigenvalue weighted by Crippen LogP contribution is -2.41. The third-order valence-electron chi connectivity index (χ3n) is 2.99. The first-order valence-corrected chi connectivity index (χ1v) is 5.81. The molecule has 1 rings (SSSR count). The lowest BCUT2D eigenvalue weighted by Gasteiger charge is -2.33. The van der Waals surface area contributed by atoms with Gasteiger partial charge in [0.05, 0.1) is 0 Å². The lowest BCUT2D eigenvalue weighted by molar-refractivity contribution is 0.0350. The second-order valence-corrected chi connectivity index (χ2v) is 4.24. The van der Waals surface area contributed by atoms with Crippen molar-refractivity contribution in [2.24, 2.45) is 5.73 Å². The summed E-state index contributed by atoms with van der Waals surface area (Å²) in [5, 5.41) is 0. The fourth-order valence-electron chi connectivity index (χ4n) is 2.02. The number of ether oxygens (including phenoxy) is 1. The quantitative estimate of drug-likeness (QED) is 0.725. The van der Waals surface area contributed by atoms with Crippen molar-refractivity contribution in [3.63, 3.8) is 0 Å². The molecule has 0 saturated carbocycles. The van der Waals surface area contributed by atoms with Crippen molar-refractivity contribution < 1.29 is 4.74 Å². The first-order chi connectivity index (χ1) is 6.74. The summed E-state index contributed by atoms with van der Waals surface area (Å²) in [6.07, 6.45) is 3.48. The Hall–Kier alpha value is -0.120. The Balaban J connectivity index is 2.28. The maximum Gasteiger partial charge on any atom is 0.0480 e. The molecule has 0 aromatic rings. The van der Waals surface area contributed by atoms with E-state index < -0.39 is 0 Å². The Kier molecular flexibility index (Phi) is 5.45. The average Bonchev–Trinajstić information content (AvgIpc) is 2.20. The minimum atomic E-state index is 0.323. The molecule has 0 bridgehead atoms. The highest BCUT2D eigenvalue weighted by molar-refractivity contribution is 4.74. The van der Waals surface area contributed by atoms with Gasteiger partial charge in [0.15, 0.2) is 0 Å². The van der Waals surface area contributed by atoms with Crippen molar-refractivity contribution in [3.8, 4) is 0 Å². The average molecular weight is 200 g/mol. The summed E-state index contributed by atoms with van der Waals surface area (Å²) in [6.45, 7) is 8.45. The molecule has 3 nitrogen and oxygen atoms in total. The van der Waals surface area contributed by atoms with Gasteiger partial charge in [0, 0.05) is 25.3 Å². The molecule has 1 aliphatic heterocycles. The maximum atomic E-state index is 5.77. The van der Waals surface area contributed by atoms with Gasteiger partial charge in [0.1, 0.15) is 0 Å². The van der Waals surface area contributed by atoms with E-state index in [1.54, 1.807) is 0 Å². The fourth-order valence-corrected chi connectivity index (χ4v) is 2.02. The van der Waals surface area contributed by atoms with Gasteiger partial charge < -0.3 is 15.4 Å². The third kappa shape index (κ3) is 3.95. The minimum Gasteiger partial charge on any atom is -0.381 e. The molecule has 1 heterocycles. The van der Waals surface area contributed by atoms with Gasteiger partial charge in [-0.3, -0.25) is 0 Å². The van der Waals surface area contributed by atoms with Gasteiger partial charge in [-0.15, -0.1) is 0 Å². The lowest BCUT2D eigenvalue weighted by atomic mass is 10.1. The van der Waals surface area contributed by atoms with Crippen LogP contribution in [-0.2, 0) is 4.74 Å². The molecule has 0 aromatic carbocycles. The molecule has 3 heteroatoms. The number of hydrogen-bond acceptors (Lipinski definition) is 3.